The smallest absolute Gasteiger partial charge is 0.332 e. The lowest BCUT2D eigenvalue weighted by atomic mass is 9.78. The summed E-state index contributed by atoms with van der Waals surface area (Å²) in [6, 6.07) is 13.4. The van der Waals surface area contributed by atoms with Gasteiger partial charge in [0.1, 0.15) is 11.7 Å². The highest BCUT2D eigenvalue weighted by molar-refractivity contribution is 6.00. The number of rotatable bonds is 8. The highest BCUT2D eigenvalue weighted by atomic mass is 16.5. The van der Waals surface area contributed by atoms with Gasteiger partial charge in [-0.2, -0.15) is 5.26 Å². The van der Waals surface area contributed by atoms with Crippen LogP contribution < -0.4 is 31.2 Å². The Morgan fingerprint density at radius 1 is 0.971 bits per heavy atom. The Balaban J connectivity index is 2.43. The molecule has 0 saturated heterocycles. The van der Waals surface area contributed by atoms with Crippen molar-refractivity contribution in [2.24, 2.45) is 20.0 Å². The van der Waals surface area contributed by atoms with E-state index >= 15 is 0 Å². The molecule has 2 aromatic carbocycles. The van der Waals surface area contributed by atoms with Crippen LogP contribution in [0.2, 0.25) is 0 Å². The summed E-state index contributed by atoms with van der Waals surface area (Å²) in [4.78, 5) is 39.3. The molecule has 0 radical (unpaired) electrons. The molecule has 0 saturated carbocycles. The monoisotopic (exact) mass is 478 g/mol. The second-order valence-corrected chi connectivity index (χ2v) is 7.78. The molecule has 1 heterocycles. The van der Waals surface area contributed by atoms with Crippen molar-refractivity contribution in [3.05, 3.63) is 80.0 Å². The highest BCUT2D eigenvalue weighted by Gasteiger charge is 2.37. The number of benzene rings is 2. The van der Waals surface area contributed by atoms with Crippen LogP contribution in [0.1, 0.15) is 27.4 Å². The van der Waals surface area contributed by atoms with Crippen molar-refractivity contribution in [2.75, 3.05) is 27.1 Å². The number of anilines is 1. The third-order valence-corrected chi connectivity index (χ3v) is 5.92. The minimum Gasteiger partial charge on any atom is -0.493 e. The molecular formula is C25H26N4O6. The van der Waals surface area contributed by atoms with Crippen molar-refractivity contribution >= 4 is 11.6 Å². The van der Waals surface area contributed by atoms with Crippen molar-refractivity contribution in [1.82, 2.24) is 9.13 Å². The number of ether oxygens (including phenoxy) is 3. The van der Waals surface area contributed by atoms with Gasteiger partial charge in [0.25, 0.3) is 5.56 Å². The van der Waals surface area contributed by atoms with Crippen LogP contribution in [0.5, 0.6) is 17.2 Å². The molecule has 0 amide bonds. The van der Waals surface area contributed by atoms with E-state index in [1.807, 2.05) is 0 Å². The minimum atomic E-state index is -1.37. The van der Waals surface area contributed by atoms with Gasteiger partial charge in [-0.3, -0.25) is 18.7 Å². The Bertz CT molecular complexity index is 1390. The number of carbonyl (C=O) groups excluding carboxylic acids is 1. The topological polar surface area (TPSA) is 139 Å². The number of carbonyl (C=O) groups is 1. The van der Waals surface area contributed by atoms with Crippen LogP contribution in [0.3, 0.4) is 0 Å². The number of aromatic nitrogens is 2. The van der Waals surface area contributed by atoms with Gasteiger partial charge in [0, 0.05) is 25.6 Å². The maximum absolute atomic E-state index is 13.5. The molecule has 0 aliphatic carbocycles. The molecule has 1 aromatic heterocycles. The molecule has 2 N–H and O–H groups in total. The van der Waals surface area contributed by atoms with Crippen LogP contribution >= 0.6 is 0 Å². The van der Waals surface area contributed by atoms with Gasteiger partial charge in [0.2, 0.25) is 5.75 Å². The van der Waals surface area contributed by atoms with Crippen molar-refractivity contribution in [3.8, 4) is 23.3 Å². The van der Waals surface area contributed by atoms with Crippen molar-refractivity contribution in [3.63, 3.8) is 0 Å². The summed E-state index contributed by atoms with van der Waals surface area (Å²) in [7, 11) is 7.00. The molecular weight excluding hydrogens is 452 g/mol. The summed E-state index contributed by atoms with van der Waals surface area (Å²) in [5.41, 5.74) is 5.47. The van der Waals surface area contributed by atoms with Gasteiger partial charge in [0.05, 0.1) is 33.0 Å². The average molecular weight is 479 g/mol. The van der Waals surface area contributed by atoms with E-state index < -0.39 is 28.9 Å². The zero-order valence-corrected chi connectivity index (χ0v) is 20.1. The zero-order valence-electron chi connectivity index (χ0n) is 20.1. The van der Waals surface area contributed by atoms with Gasteiger partial charge in [0.15, 0.2) is 17.3 Å². The van der Waals surface area contributed by atoms with E-state index in [2.05, 4.69) is 6.07 Å². The van der Waals surface area contributed by atoms with Crippen LogP contribution in [0.25, 0.3) is 0 Å². The molecule has 10 heteroatoms. The molecule has 2 atom stereocenters. The number of ketones is 1. The Morgan fingerprint density at radius 3 is 2.03 bits per heavy atom. The Morgan fingerprint density at radius 2 is 1.54 bits per heavy atom. The van der Waals surface area contributed by atoms with Gasteiger partial charge < -0.3 is 19.9 Å². The number of nitrogen functional groups attached to an aromatic ring is 1. The number of Topliss-reactive ketones (excluding diaryl/α,β-unsaturated/α-hetero) is 1. The third kappa shape index (κ3) is 4.36. The van der Waals surface area contributed by atoms with Gasteiger partial charge in [-0.25, -0.2) is 4.79 Å². The largest absolute Gasteiger partial charge is 0.493 e. The third-order valence-electron chi connectivity index (χ3n) is 5.92. The fraction of sp³-hybridized carbons (Fsp3) is 0.280. The van der Waals surface area contributed by atoms with Crippen LogP contribution in [0.15, 0.2) is 52.1 Å². The van der Waals surface area contributed by atoms with Crippen molar-refractivity contribution in [1.29, 1.82) is 5.26 Å². The number of methoxy groups -OCH3 is 3. The number of hydrogen-bond acceptors (Lipinski definition) is 8. The molecule has 0 fully saturated rings. The molecule has 3 aromatic rings. The summed E-state index contributed by atoms with van der Waals surface area (Å²) in [6.07, 6.45) is 0. The van der Waals surface area contributed by atoms with Crippen molar-refractivity contribution in [2.45, 2.75) is 5.92 Å². The van der Waals surface area contributed by atoms with Gasteiger partial charge in [-0.05, 0) is 17.7 Å². The number of hydrogen-bond donors (Lipinski definition) is 1. The Hall–Kier alpha value is -4.52. The van der Waals surface area contributed by atoms with Gasteiger partial charge in [-0.1, -0.05) is 30.3 Å². The lowest BCUT2D eigenvalue weighted by Gasteiger charge is -2.25. The van der Waals surface area contributed by atoms with E-state index in [4.69, 9.17) is 19.9 Å². The maximum atomic E-state index is 13.5. The summed E-state index contributed by atoms with van der Waals surface area (Å²) in [5.74, 6) is -2.38. The van der Waals surface area contributed by atoms with E-state index in [-0.39, 0.29) is 28.4 Å². The minimum absolute atomic E-state index is 0.0697. The predicted molar refractivity (Wildman–Crippen MR) is 129 cm³/mol. The van der Waals surface area contributed by atoms with Crippen LogP contribution in [0.4, 0.5) is 5.82 Å². The SMILES string of the molecule is COc1cc(C(c2c(N)n(C)c(=O)n(C)c2=O)C(C#N)C(=O)c2ccccc2)cc(OC)c1OC. The van der Waals surface area contributed by atoms with Crippen LogP contribution in [-0.2, 0) is 14.1 Å². The average Bonchev–Trinajstić information content (AvgIpc) is 2.89. The lowest BCUT2D eigenvalue weighted by molar-refractivity contribution is 0.0940. The molecule has 3 rings (SSSR count). The Kier molecular flexibility index (Phi) is 7.30. The summed E-state index contributed by atoms with van der Waals surface area (Å²) in [6.45, 7) is 0. The van der Waals surface area contributed by atoms with Gasteiger partial charge >= 0.3 is 5.69 Å². The van der Waals surface area contributed by atoms with E-state index in [0.717, 1.165) is 9.13 Å². The Labute approximate surface area is 201 Å². The molecule has 0 aliphatic heterocycles. The lowest BCUT2D eigenvalue weighted by Crippen LogP contribution is -2.42. The second-order valence-electron chi connectivity index (χ2n) is 7.78. The number of nitrogens with zero attached hydrogens (tertiary/aromatic N) is 3. The van der Waals surface area contributed by atoms with E-state index in [9.17, 15) is 19.6 Å². The fourth-order valence-corrected chi connectivity index (χ4v) is 4.05. The summed E-state index contributed by atoms with van der Waals surface area (Å²) < 4.78 is 18.3. The zero-order chi connectivity index (χ0) is 25.9. The highest BCUT2D eigenvalue weighted by Crippen LogP contribution is 2.44. The first-order valence-electron chi connectivity index (χ1n) is 10.6. The molecule has 0 aliphatic rings. The molecule has 2 unspecified atom stereocenters. The molecule has 10 nitrogen and oxygen atoms in total. The van der Waals surface area contributed by atoms with Crippen molar-refractivity contribution < 1.29 is 19.0 Å². The first-order valence-corrected chi connectivity index (χ1v) is 10.6. The van der Waals surface area contributed by atoms with E-state index in [1.54, 1.807) is 42.5 Å². The van der Waals surface area contributed by atoms with Crippen LogP contribution in [-0.4, -0.2) is 36.2 Å². The first kappa shape index (κ1) is 25.1. The quantitative estimate of drug-likeness (QED) is 0.484. The van der Waals surface area contributed by atoms with Gasteiger partial charge in [-0.15, -0.1) is 0 Å². The molecule has 35 heavy (non-hydrogen) atoms. The normalized spacial score (nSPS) is 12.3. The van der Waals surface area contributed by atoms with E-state index in [0.29, 0.717) is 11.3 Å². The number of nitrogens with two attached hydrogens (primary N) is 1. The standard InChI is InChI=1S/C25H26N4O6/c1-28-23(27)20(24(31)29(2)25(28)32)19(16(13-26)21(30)14-9-7-6-8-10-14)15-11-17(33-3)22(35-5)18(12-15)34-4/h6-12,16,19H,27H2,1-5H3. The number of nitriles is 1. The maximum Gasteiger partial charge on any atom is 0.332 e. The summed E-state index contributed by atoms with van der Waals surface area (Å²) in [5, 5.41) is 10.2. The summed E-state index contributed by atoms with van der Waals surface area (Å²) >= 11 is 0. The predicted octanol–water partition coefficient (Wildman–Crippen LogP) is 1.85. The second kappa shape index (κ2) is 10.2. The fourth-order valence-electron chi connectivity index (χ4n) is 4.05. The molecule has 0 bridgehead atoms. The molecule has 182 valence electrons. The van der Waals surface area contributed by atoms with E-state index in [1.165, 1.54) is 35.4 Å². The first-order chi connectivity index (χ1) is 16.7. The molecule has 0 spiro atoms. The van der Waals surface area contributed by atoms with Crippen LogP contribution in [0, 0.1) is 17.2 Å².